The van der Waals surface area contributed by atoms with Crippen LogP contribution in [0.4, 0.5) is 5.69 Å². The van der Waals surface area contributed by atoms with Crippen LogP contribution < -0.4 is 5.73 Å². The van der Waals surface area contributed by atoms with E-state index >= 15 is 0 Å². The van der Waals surface area contributed by atoms with Crippen LogP contribution in [0.1, 0.15) is 29.8 Å². The third-order valence-corrected chi connectivity index (χ3v) is 4.10. The van der Waals surface area contributed by atoms with E-state index in [0.29, 0.717) is 5.69 Å². The predicted molar refractivity (Wildman–Crippen MR) is 78.2 cm³/mol. The molecule has 0 unspecified atom stereocenters. The van der Waals surface area contributed by atoms with Gasteiger partial charge in [-0.05, 0) is 45.5 Å². The highest BCUT2D eigenvalue weighted by atomic mass is 16.2. The van der Waals surface area contributed by atoms with Gasteiger partial charge in [0.25, 0.3) is 5.91 Å². The zero-order chi connectivity index (χ0) is 14.2. The number of nitrogens with zero attached hydrogens (tertiary/aromatic N) is 2. The van der Waals surface area contributed by atoms with Crippen LogP contribution in [-0.2, 0) is 0 Å². The molecule has 0 bridgehead atoms. The summed E-state index contributed by atoms with van der Waals surface area (Å²) in [6, 6.07) is 5.52. The van der Waals surface area contributed by atoms with Crippen LogP contribution in [0.25, 0.3) is 0 Å². The zero-order valence-corrected chi connectivity index (χ0v) is 12.2. The molecule has 0 atom stereocenters. The molecule has 2 N–H and O–H groups in total. The standard InChI is InChI=1S/C15H23N3O/c1-11-5-6-12(16)9-13(11)14(19)18-8-7-17(4)15(2,3)10-18/h5-6,9H,7-8,10,16H2,1-4H3. The summed E-state index contributed by atoms with van der Waals surface area (Å²) in [4.78, 5) is 16.8. The first-order chi connectivity index (χ1) is 8.81. The average molecular weight is 261 g/mol. The number of nitrogens with two attached hydrogens (primary N) is 1. The van der Waals surface area contributed by atoms with Gasteiger partial charge in [-0.3, -0.25) is 9.69 Å². The van der Waals surface area contributed by atoms with Crippen molar-refractivity contribution in [3.8, 4) is 0 Å². The number of anilines is 1. The third-order valence-electron chi connectivity index (χ3n) is 4.10. The number of nitrogen functional groups attached to an aromatic ring is 1. The van der Waals surface area contributed by atoms with Crippen molar-refractivity contribution in [1.29, 1.82) is 0 Å². The third kappa shape index (κ3) is 2.73. The van der Waals surface area contributed by atoms with Crippen LogP contribution in [0, 0.1) is 6.92 Å². The molecular weight excluding hydrogens is 238 g/mol. The quantitative estimate of drug-likeness (QED) is 0.783. The number of rotatable bonds is 1. The molecule has 0 saturated carbocycles. The largest absolute Gasteiger partial charge is 0.399 e. The number of carbonyl (C=O) groups is 1. The van der Waals surface area contributed by atoms with Gasteiger partial charge >= 0.3 is 0 Å². The van der Waals surface area contributed by atoms with Gasteiger partial charge in [-0.1, -0.05) is 6.07 Å². The molecule has 4 heteroatoms. The molecule has 1 amide bonds. The van der Waals surface area contributed by atoms with Gasteiger partial charge in [0.1, 0.15) is 0 Å². The molecule has 19 heavy (non-hydrogen) atoms. The topological polar surface area (TPSA) is 49.6 Å². The smallest absolute Gasteiger partial charge is 0.254 e. The van der Waals surface area contributed by atoms with Crippen LogP contribution >= 0.6 is 0 Å². The maximum Gasteiger partial charge on any atom is 0.254 e. The van der Waals surface area contributed by atoms with Crippen molar-refractivity contribution in [2.45, 2.75) is 26.3 Å². The first-order valence-electron chi connectivity index (χ1n) is 6.68. The van der Waals surface area contributed by atoms with Gasteiger partial charge in [0, 0.05) is 36.4 Å². The number of amides is 1. The summed E-state index contributed by atoms with van der Waals surface area (Å²) in [6.07, 6.45) is 0. The molecular formula is C15H23N3O. The maximum absolute atomic E-state index is 12.6. The SMILES string of the molecule is Cc1ccc(N)cc1C(=O)N1CCN(C)C(C)(C)C1. The fraction of sp³-hybridized carbons (Fsp3) is 0.533. The molecule has 2 rings (SSSR count). The second-order valence-corrected chi connectivity index (χ2v) is 6.04. The number of carbonyl (C=O) groups excluding carboxylic acids is 1. The number of piperazine rings is 1. The maximum atomic E-state index is 12.6. The van der Waals surface area contributed by atoms with E-state index in [1.807, 2.05) is 24.0 Å². The molecule has 1 aromatic carbocycles. The van der Waals surface area contributed by atoms with E-state index in [9.17, 15) is 4.79 Å². The summed E-state index contributed by atoms with van der Waals surface area (Å²) >= 11 is 0. The van der Waals surface area contributed by atoms with Gasteiger partial charge < -0.3 is 10.6 Å². The number of hydrogen-bond donors (Lipinski definition) is 1. The number of likely N-dealkylation sites (N-methyl/N-ethyl adjacent to an activating group) is 1. The van der Waals surface area contributed by atoms with Gasteiger partial charge in [-0.2, -0.15) is 0 Å². The Balaban J connectivity index is 2.23. The first kappa shape index (κ1) is 13.9. The molecule has 0 aromatic heterocycles. The van der Waals surface area contributed by atoms with E-state index in [-0.39, 0.29) is 11.4 Å². The lowest BCUT2D eigenvalue weighted by Crippen LogP contribution is -2.58. The fourth-order valence-corrected chi connectivity index (χ4v) is 2.45. The van der Waals surface area contributed by atoms with Gasteiger partial charge in [0.05, 0.1) is 0 Å². The van der Waals surface area contributed by atoms with E-state index in [0.717, 1.165) is 30.8 Å². The first-order valence-corrected chi connectivity index (χ1v) is 6.68. The van der Waals surface area contributed by atoms with Crippen LogP contribution in [-0.4, -0.2) is 47.9 Å². The number of benzene rings is 1. The molecule has 1 aliphatic rings. The van der Waals surface area contributed by atoms with Gasteiger partial charge in [0.15, 0.2) is 0 Å². The summed E-state index contributed by atoms with van der Waals surface area (Å²) in [5, 5.41) is 0. The van der Waals surface area contributed by atoms with Crippen molar-refractivity contribution in [2.24, 2.45) is 0 Å². The normalized spacial score (nSPS) is 19.5. The summed E-state index contributed by atoms with van der Waals surface area (Å²) < 4.78 is 0. The molecule has 104 valence electrons. The highest BCUT2D eigenvalue weighted by Crippen LogP contribution is 2.22. The van der Waals surface area contributed by atoms with Gasteiger partial charge in [-0.25, -0.2) is 0 Å². The Labute approximate surface area is 115 Å². The van der Waals surface area contributed by atoms with E-state index < -0.39 is 0 Å². The fourth-order valence-electron chi connectivity index (χ4n) is 2.45. The Morgan fingerprint density at radius 1 is 1.32 bits per heavy atom. The van der Waals surface area contributed by atoms with Crippen molar-refractivity contribution in [1.82, 2.24) is 9.80 Å². The van der Waals surface area contributed by atoms with Crippen molar-refractivity contribution < 1.29 is 4.79 Å². The number of hydrogen-bond acceptors (Lipinski definition) is 3. The minimum Gasteiger partial charge on any atom is -0.399 e. The van der Waals surface area contributed by atoms with Crippen molar-refractivity contribution in [2.75, 3.05) is 32.4 Å². The van der Waals surface area contributed by atoms with Crippen LogP contribution in [0.5, 0.6) is 0 Å². The summed E-state index contributed by atoms with van der Waals surface area (Å²) in [5.41, 5.74) is 8.15. The number of aryl methyl sites for hydroxylation is 1. The van der Waals surface area contributed by atoms with Crippen molar-refractivity contribution in [3.63, 3.8) is 0 Å². The average Bonchev–Trinajstić information content (AvgIpc) is 2.35. The van der Waals surface area contributed by atoms with E-state index in [1.165, 1.54) is 0 Å². The van der Waals surface area contributed by atoms with Crippen LogP contribution in [0.2, 0.25) is 0 Å². The molecule has 0 aliphatic carbocycles. The predicted octanol–water partition coefficient (Wildman–Crippen LogP) is 1.74. The Morgan fingerprint density at radius 2 is 2.00 bits per heavy atom. The van der Waals surface area contributed by atoms with E-state index in [4.69, 9.17) is 5.73 Å². The molecule has 1 heterocycles. The lowest BCUT2D eigenvalue weighted by Gasteiger charge is -2.45. The lowest BCUT2D eigenvalue weighted by atomic mass is 9.98. The highest BCUT2D eigenvalue weighted by molar-refractivity contribution is 5.96. The molecule has 1 fully saturated rings. The van der Waals surface area contributed by atoms with Gasteiger partial charge in [-0.15, -0.1) is 0 Å². The Bertz CT molecular complexity index is 496. The van der Waals surface area contributed by atoms with Crippen LogP contribution in [0.15, 0.2) is 18.2 Å². The summed E-state index contributed by atoms with van der Waals surface area (Å²) in [5.74, 6) is 0.0889. The Kier molecular flexibility index (Phi) is 3.54. The monoisotopic (exact) mass is 261 g/mol. The van der Waals surface area contributed by atoms with E-state index in [1.54, 1.807) is 6.07 Å². The molecule has 1 aromatic rings. The van der Waals surface area contributed by atoms with Crippen LogP contribution in [0.3, 0.4) is 0 Å². The Morgan fingerprint density at radius 3 is 2.63 bits per heavy atom. The summed E-state index contributed by atoms with van der Waals surface area (Å²) in [6.45, 7) is 8.70. The van der Waals surface area contributed by atoms with Crippen molar-refractivity contribution in [3.05, 3.63) is 29.3 Å². The zero-order valence-electron chi connectivity index (χ0n) is 12.2. The Hall–Kier alpha value is -1.55. The second-order valence-electron chi connectivity index (χ2n) is 6.04. The lowest BCUT2D eigenvalue weighted by molar-refractivity contribution is 0.0311. The summed E-state index contributed by atoms with van der Waals surface area (Å²) in [7, 11) is 2.10. The minimum atomic E-state index is 0.0160. The molecule has 1 aliphatic heterocycles. The van der Waals surface area contributed by atoms with Crippen molar-refractivity contribution >= 4 is 11.6 Å². The molecule has 1 saturated heterocycles. The van der Waals surface area contributed by atoms with E-state index in [2.05, 4.69) is 25.8 Å². The van der Waals surface area contributed by atoms with Gasteiger partial charge in [0.2, 0.25) is 0 Å². The molecule has 0 radical (unpaired) electrons. The second kappa shape index (κ2) is 4.85. The highest BCUT2D eigenvalue weighted by Gasteiger charge is 2.33. The minimum absolute atomic E-state index is 0.0160. The molecule has 0 spiro atoms. The molecule has 4 nitrogen and oxygen atoms in total.